The van der Waals surface area contributed by atoms with Crippen LogP contribution in [0.2, 0.25) is 0 Å². The zero-order valence-corrected chi connectivity index (χ0v) is 9.16. The maximum absolute atomic E-state index is 12.0. The third-order valence-corrected chi connectivity index (χ3v) is 2.05. The number of methoxy groups -OCH3 is 1. The van der Waals surface area contributed by atoms with Crippen LogP contribution in [-0.4, -0.2) is 36.0 Å². The molecule has 7 heteroatoms. The molecule has 0 radical (unpaired) electrons. The third-order valence-electron chi connectivity index (χ3n) is 2.05. The minimum atomic E-state index is -4.59. The summed E-state index contributed by atoms with van der Waals surface area (Å²) in [6.45, 7) is -0.347. The Morgan fingerprint density at radius 1 is 1.53 bits per heavy atom. The molecule has 1 heterocycles. The molecule has 2 N–H and O–H groups in total. The summed E-state index contributed by atoms with van der Waals surface area (Å²) in [6, 6.07) is 3.25. The second-order valence-electron chi connectivity index (χ2n) is 3.39. The average molecular weight is 250 g/mol. The van der Waals surface area contributed by atoms with E-state index in [2.05, 4.69) is 10.3 Å². The highest BCUT2D eigenvalue weighted by atomic mass is 19.4. The highest BCUT2D eigenvalue weighted by molar-refractivity contribution is 5.20. The van der Waals surface area contributed by atoms with Gasteiger partial charge in [-0.2, -0.15) is 13.2 Å². The lowest BCUT2D eigenvalue weighted by Gasteiger charge is -2.15. The number of alkyl halides is 3. The molecule has 4 nitrogen and oxygen atoms in total. The lowest BCUT2D eigenvalue weighted by molar-refractivity contribution is -0.201. The number of aromatic nitrogens is 1. The highest BCUT2D eigenvalue weighted by Crippen LogP contribution is 2.19. The predicted octanol–water partition coefficient (Wildman–Crippen LogP) is 1.10. The molecule has 1 unspecified atom stereocenters. The van der Waals surface area contributed by atoms with E-state index in [0.29, 0.717) is 5.88 Å². The van der Waals surface area contributed by atoms with E-state index in [0.717, 1.165) is 5.56 Å². The Balaban J connectivity index is 2.40. The summed E-state index contributed by atoms with van der Waals surface area (Å²) in [5, 5.41) is 11.2. The minimum absolute atomic E-state index is 0.200. The standard InChI is InChI=1S/C10H13F3N2O2/c1-17-9-4-7(2-3-15-9)5-14-6-8(16)10(11,12)13/h2-4,8,14,16H,5-6H2,1H3. The summed E-state index contributed by atoms with van der Waals surface area (Å²) < 4.78 is 40.8. The van der Waals surface area contributed by atoms with Crippen molar-refractivity contribution in [2.24, 2.45) is 0 Å². The molecule has 0 aromatic carbocycles. The summed E-state index contributed by atoms with van der Waals surface area (Å²) in [5.41, 5.74) is 0.728. The number of aliphatic hydroxyl groups is 1. The molecular formula is C10H13F3N2O2. The fourth-order valence-corrected chi connectivity index (χ4v) is 1.14. The Bertz CT molecular complexity index is 358. The number of nitrogens with one attached hydrogen (secondary N) is 1. The van der Waals surface area contributed by atoms with Crippen molar-refractivity contribution in [3.63, 3.8) is 0 Å². The molecule has 0 aliphatic rings. The number of hydrogen-bond donors (Lipinski definition) is 2. The van der Waals surface area contributed by atoms with Crippen molar-refractivity contribution < 1.29 is 23.0 Å². The first-order chi connectivity index (χ1) is 7.93. The van der Waals surface area contributed by atoms with Crippen LogP contribution < -0.4 is 10.1 Å². The quantitative estimate of drug-likeness (QED) is 0.821. The molecule has 0 aliphatic carbocycles. The van der Waals surface area contributed by atoms with Crippen molar-refractivity contribution in [3.8, 4) is 5.88 Å². The molecule has 1 rings (SSSR count). The monoisotopic (exact) mass is 250 g/mol. The van der Waals surface area contributed by atoms with Crippen molar-refractivity contribution in [1.82, 2.24) is 10.3 Å². The number of pyridine rings is 1. The Hall–Kier alpha value is -1.34. The van der Waals surface area contributed by atoms with Crippen LogP contribution in [0.5, 0.6) is 5.88 Å². The molecule has 0 spiro atoms. The first kappa shape index (κ1) is 13.7. The van der Waals surface area contributed by atoms with Gasteiger partial charge >= 0.3 is 6.18 Å². The SMILES string of the molecule is COc1cc(CNCC(O)C(F)(F)F)ccn1. The Morgan fingerprint density at radius 3 is 2.82 bits per heavy atom. The van der Waals surface area contributed by atoms with E-state index in [-0.39, 0.29) is 6.54 Å². The zero-order valence-electron chi connectivity index (χ0n) is 9.16. The number of nitrogens with zero attached hydrogens (tertiary/aromatic N) is 1. The van der Waals surface area contributed by atoms with Gasteiger partial charge in [-0.25, -0.2) is 4.98 Å². The van der Waals surface area contributed by atoms with Crippen LogP contribution in [-0.2, 0) is 6.54 Å². The molecule has 1 aromatic rings. The topological polar surface area (TPSA) is 54.4 Å². The average Bonchev–Trinajstić information content (AvgIpc) is 2.28. The number of hydrogen-bond acceptors (Lipinski definition) is 4. The maximum Gasteiger partial charge on any atom is 0.415 e. The van der Waals surface area contributed by atoms with Crippen LogP contribution in [0.25, 0.3) is 0 Å². The molecular weight excluding hydrogens is 237 g/mol. The number of rotatable bonds is 5. The highest BCUT2D eigenvalue weighted by Gasteiger charge is 2.37. The van der Waals surface area contributed by atoms with E-state index >= 15 is 0 Å². The molecule has 96 valence electrons. The molecule has 1 atom stereocenters. The van der Waals surface area contributed by atoms with E-state index < -0.39 is 18.8 Å². The summed E-state index contributed by atoms with van der Waals surface area (Å²) in [7, 11) is 1.45. The van der Waals surface area contributed by atoms with Gasteiger partial charge in [-0.1, -0.05) is 0 Å². The first-order valence-corrected chi connectivity index (χ1v) is 4.88. The van der Waals surface area contributed by atoms with Crippen LogP contribution in [0, 0.1) is 0 Å². The lowest BCUT2D eigenvalue weighted by Crippen LogP contribution is -2.38. The van der Waals surface area contributed by atoms with Gasteiger partial charge in [0, 0.05) is 25.4 Å². The minimum Gasteiger partial charge on any atom is -0.481 e. The van der Waals surface area contributed by atoms with E-state index in [1.165, 1.54) is 13.3 Å². The van der Waals surface area contributed by atoms with Crippen LogP contribution in [0.1, 0.15) is 5.56 Å². The van der Waals surface area contributed by atoms with Gasteiger partial charge in [0.05, 0.1) is 7.11 Å². The smallest absolute Gasteiger partial charge is 0.415 e. The maximum atomic E-state index is 12.0. The first-order valence-electron chi connectivity index (χ1n) is 4.88. The van der Waals surface area contributed by atoms with Crippen molar-refractivity contribution in [2.75, 3.05) is 13.7 Å². The van der Waals surface area contributed by atoms with Crippen molar-refractivity contribution >= 4 is 0 Å². The lowest BCUT2D eigenvalue weighted by atomic mass is 10.2. The van der Waals surface area contributed by atoms with Crippen LogP contribution >= 0.6 is 0 Å². The fourth-order valence-electron chi connectivity index (χ4n) is 1.14. The van der Waals surface area contributed by atoms with Gasteiger partial charge in [0.15, 0.2) is 6.10 Å². The van der Waals surface area contributed by atoms with Gasteiger partial charge in [0.25, 0.3) is 0 Å². The van der Waals surface area contributed by atoms with Gasteiger partial charge in [0.1, 0.15) is 0 Å². The molecule has 0 bridgehead atoms. The number of halogens is 3. The summed E-state index contributed by atoms with van der Waals surface area (Å²) in [6.07, 6.45) is -5.45. The molecule has 0 saturated heterocycles. The molecule has 0 aliphatic heterocycles. The Morgan fingerprint density at radius 2 is 2.24 bits per heavy atom. The second kappa shape index (κ2) is 5.83. The normalized spacial score (nSPS) is 13.5. The number of ether oxygens (including phenoxy) is 1. The summed E-state index contributed by atoms with van der Waals surface area (Å²) in [5.74, 6) is 0.390. The Labute approximate surface area is 96.4 Å². The van der Waals surface area contributed by atoms with Crippen molar-refractivity contribution in [1.29, 1.82) is 0 Å². The zero-order chi connectivity index (χ0) is 12.9. The predicted molar refractivity (Wildman–Crippen MR) is 54.6 cm³/mol. The second-order valence-corrected chi connectivity index (χ2v) is 3.39. The largest absolute Gasteiger partial charge is 0.481 e. The van der Waals surface area contributed by atoms with Gasteiger partial charge in [0.2, 0.25) is 5.88 Å². The fraction of sp³-hybridized carbons (Fsp3) is 0.500. The molecule has 17 heavy (non-hydrogen) atoms. The molecule has 0 amide bonds. The van der Waals surface area contributed by atoms with Gasteiger partial charge in [-0.3, -0.25) is 0 Å². The van der Waals surface area contributed by atoms with Crippen LogP contribution in [0.3, 0.4) is 0 Å². The van der Waals surface area contributed by atoms with Crippen LogP contribution in [0.4, 0.5) is 13.2 Å². The van der Waals surface area contributed by atoms with Crippen molar-refractivity contribution in [2.45, 2.75) is 18.8 Å². The number of aliphatic hydroxyl groups excluding tert-OH is 1. The van der Waals surface area contributed by atoms with Gasteiger partial charge in [-0.15, -0.1) is 0 Å². The van der Waals surface area contributed by atoms with Crippen LogP contribution in [0.15, 0.2) is 18.3 Å². The molecule has 0 fully saturated rings. The van der Waals surface area contributed by atoms with E-state index in [1.54, 1.807) is 12.1 Å². The van der Waals surface area contributed by atoms with E-state index in [1.807, 2.05) is 0 Å². The Kier molecular flexibility index (Phi) is 4.71. The summed E-state index contributed by atoms with van der Waals surface area (Å²) >= 11 is 0. The van der Waals surface area contributed by atoms with Gasteiger partial charge in [-0.05, 0) is 11.6 Å². The van der Waals surface area contributed by atoms with Gasteiger partial charge < -0.3 is 15.2 Å². The van der Waals surface area contributed by atoms with E-state index in [9.17, 15) is 13.2 Å². The van der Waals surface area contributed by atoms with E-state index in [4.69, 9.17) is 9.84 Å². The molecule has 1 aromatic heterocycles. The summed E-state index contributed by atoms with van der Waals surface area (Å²) in [4.78, 5) is 3.86. The molecule has 0 saturated carbocycles. The van der Waals surface area contributed by atoms with Crippen molar-refractivity contribution in [3.05, 3.63) is 23.9 Å². The third kappa shape index (κ3) is 4.58.